The molecule has 22 heavy (non-hydrogen) atoms. The second kappa shape index (κ2) is 10.2. The van der Waals surface area contributed by atoms with Crippen LogP contribution in [0, 0.1) is 0 Å². The standard InChI is InChI=1S/C16H32N4S.HI/c1-12(2)20(14-6-7-14)10-9-18-16(17-3)19-13-5-8-15(11-13)21-4;/h12-15H,5-11H2,1-4H3,(H2,17,18,19);1H. The number of rotatable bonds is 7. The number of hydrogen-bond donors (Lipinski definition) is 2. The zero-order valence-electron chi connectivity index (χ0n) is 14.5. The molecule has 2 aliphatic rings. The van der Waals surface area contributed by atoms with Crippen LogP contribution in [0.3, 0.4) is 0 Å². The molecule has 0 aliphatic heterocycles. The van der Waals surface area contributed by atoms with Crippen LogP contribution in [0.25, 0.3) is 0 Å². The molecule has 2 rings (SSSR count). The Morgan fingerprint density at radius 1 is 1.27 bits per heavy atom. The largest absolute Gasteiger partial charge is 0.355 e. The van der Waals surface area contributed by atoms with Gasteiger partial charge in [-0.3, -0.25) is 9.89 Å². The van der Waals surface area contributed by atoms with Gasteiger partial charge in [-0.25, -0.2) is 0 Å². The molecule has 2 N–H and O–H groups in total. The van der Waals surface area contributed by atoms with Gasteiger partial charge in [0.15, 0.2) is 5.96 Å². The molecule has 2 aliphatic carbocycles. The minimum atomic E-state index is 0. The van der Waals surface area contributed by atoms with Gasteiger partial charge in [0, 0.05) is 43.5 Å². The second-order valence-corrected chi connectivity index (χ2v) is 7.71. The summed E-state index contributed by atoms with van der Waals surface area (Å²) in [5.74, 6) is 0.973. The van der Waals surface area contributed by atoms with Crippen LogP contribution in [-0.4, -0.2) is 60.6 Å². The lowest BCUT2D eigenvalue weighted by molar-refractivity contribution is 0.215. The van der Waals surface area contributed by atoms with Crippen molar-refractivity contribution in [2.24, 2.45) is 4.99 Å². The van der Waals surface area contributed by atoms with E-state index >= 15 is 0 Å². The summed E-state index contributed by atoms with van der Waals surface area (Å²) in [4.78, 5) is 6.98. The van der Waals surface area contributed by atoms with E-state index in [1.165, 1.54) is 32.1 Å². The minimum Gasteiger partial charge on any atom is -0.355 e. The molecule has 0 saturated heterocycles. The number of nitrogens with one attached hydrogen (secondary N) is 2. The van der Waals surface area contributed by atoms with Crippen LogP contribution in [0.15, 0.2) is 4.99 Å². The lowest BCUT2D eigenvalue weighted by atomic mass is 10.2. The van der Waals surface area contributed by atoms with Crippen LogP contribution in [-0.2, 0) is 0 Å². The molecule has 2 fully saturated rings. The van der Waals surface area contributed by atoms with Crippen LogP contribution in [0.4, 0.5) is 0 Å². The van der Waals surface area contributed by atoms with E-state index in [2.05, 4.69) is 40.6 Å². The van der Waals surface area contributed by atoms with E-state index in [0.717, 1.165) is 30.3 Å². The average molecular weight is 440 g/mol. The monoisotopic (exact) mass is 440 g/mol. The number of thioether (sulfide) groups is 1. The van der Waals surface area contributed by atoms with Crippen molar-refractivity contribution >= 4 is 41.7 Å². The fourth-order valence-electron chi connectivity index (χ4n) is 3.25. The predicted octanol–water partition coefficient (Wildman–Crippen LogP) is 2.93. The fraction of sp³-hybridized carbons (Fsp3) is 0.938. The van der Waals surface area contributed by atoms with Crippen molar-refractivity contribution < 1.29 is 0 Å². The molecular formula is C16H33IN4S. The highest BCUT2D eigenvalue weighted by molar-refractivity contribution is 14.0. The molecular weight excluding hydrogens is 407 g/mol. The van der Waals surface area contributed by atoms with E-state index in [0.29, 0.717) is 12.1 Å². The Morgan fingerprint density at radius 2 is 2.00 bits per heavy atom. The van der Waals surface area contributed by atoms with Crippen molar-refractivity contribution in [2.45, 2.75) is 69.3 Å². The highest BCUT2D eigenvalue weighted by Crippen LogP contribution is 2.28. The van der Waals surface area contributed by atoms with E-state index < -0.39 is 0 Å². The van der Waals surface area contributed by atoms with Crippen molar-refractivity contribution in [1.29, 1.82) is 0 Å². The molecule has 0 spiro atoms. The summed E-state index contributed by atoms with van der Waals surface area (Å²) in [6, 6.07) is 2.07. The third-order valence-electron chi connectivity index (χ3n) is 4.62. The topological polar surface area (TPSA) is 39.7 Å². The van der Waals surface area contributed by atoms with Crippen LogP contribution in [0.5, 0.6) is 0 Å². The van der Waals surface area contributed by atoms with Gasteiger partial charge in [0.1, 0.15) is 0 Å². The van der Waals surface area contributed by atoms with Gasteiger partial charge in [-0.15, -0.1) is 24.0 Å². The van der Waals surface area contributed by atoms with Crippen molar-refractivity contribution in [1.82, 2.24) is 15.5 Å². The van der Waals surface area contributed by atoms with Crippen LogP contribution >= 0.6 is 35.7 Å². The first kappa shape index (κ1) is 20.4. The molecule has 0 aromatic carbocycles. The summed E-state index contributed by atoms with van der Waals surface area (Å²) in [6.07, 6.45) is 8.85. The highest BCUT2D eigenvalue weighted by atomic mass is 127. The first-order valence-electron chi connectivity index (χ1n) is 8.39. The Kier molecular flexibility index (Phi) is 9.47. The van der Waals surface area contributed by atoms with Gasteiger partial charge in [-0.1, -0.05) is 0 Å². The smallest absolute Gasteiger partial charge is 0.191 e. The lowest BCUT2D eigenvalue weighted by Crippen LogP contribution is -2.46. The Hall–Kier alpha value is 0.310. The number of halogens is 1. The van der Waals surface area contributed by atoms with Gasteiger partial charge in [0.05, 0.1) is 0 Å². The molecule has 0 amide bonds. The quantitative estimate of drug-likeness (QED) is 0.363. The summed E-state index contributed by atoms with van der Waals surface area (Å²) in [5, 5.41) is 7.90. The molecule has 6 heteroatoms. The molecule has 2 unspecified atom stereocenters. The third kappa shape index (κ3) is 6.43. The van der Waals surface area contributed by atoms with Gasteiger partial charge in [-0.05, 0) is 52.2 Å². The van der Waals surface area contributed by atoms with Crippen molar-refractivity contribution in [3.05, 3.63) is 0 Å². The number of hydrogen-bond acceptors (Lipinski definition) is 3. The summed E-state index contributed by atoms with van der Waals surface area (Å²) in [6.45, 7) is 6.69. The zero-order valence-corrected chi connectivity index (χ0v) is 17.6. The number of aliphatic imine (C=N–C) groups is 1. The molecule has 0 bridgehead atoms. The normalized spacial score (nSPS) is 25.5. The summed E-state index contributed by atoms with van der Waals surface area (Å²) >= 11 is 2.00. The van der Waals surface area contributed by atoms with Crippen molar-refractivity contribution in [3.8, 4) is 0 Å². The Labute approximate surface area is 157 Å². The average Bonchev–Trinajstić information content (AvgIpc) is 3.20. The zero-order chi connectivity index (χ0) is 15.2. The molecule has 2 atom stereocenters. The van der Waals surface area contributed by atoms with Crippen molar-refractivity contribution in [3.63, 3.8) is 0 Å². The second-order valence-electron chi connectivity index (χ2n) is 6.57. The van der Waals surface area contributed by atoms with Crippen LogP contribution in [0.2, 0.25) is 0 Å². The van der Waals surface area contributed by atoms with E-state index in [9.17, 15) is 0 Å². The maximum Gasteiger partial charge on any atom is 0.191 e. The predicted molar refractivity (Wildman–Crippen MR) is 110 cm³/mol. The summed E-state index contributed by atoms with van der Waals surface area (Å²) in [7, 11) is 1.87. The lowest BCUT2D eigenvalue weighted by Gasteiger charge is -2.27. The fourth-order valence-corrected chi connectivity index (χ4v) is 4.04. The van der Waals surface area contributed by atoms with Gasteiger partial charge in [0.25, 0.3) is 0 Å². The van der Waals surface area contributed by atoms with Crippen LogP contribution < -0.4 is 10.6 Å². The molecule has 130 valence electrons. The van der Waals surface area contributed by atoms with Gasteiger partial charge in [-0.2, -0.15) is 11.8 Å². The molecule has 0 aromatic rings. The van der Waals surface area contributed by atoms with E-state index in [4.69, 9.17) is 0 Å². The van der Waals surface area contributed by atoms with Gasteiger partial charge in [0.2, 0.25) is 0 Å². The molecule has 0 aromatic heterocycles. The SMILES string of the molecule is CN=C(NCCN(C(C)C)C1CC1)NC1CCC(SC)C1.I. The van der Waals surface area contributed by atoms with Crippen LogP contribution in [0.1, 0.15) is 46.0 Å². The third-order valence-corrected chi connectivity index (χ3v) is 5.72. The Bertz CT molecular complexity index is 345. The Morgan fingerprint density at radius 3 is 2.50 bits per heavy atom. The molecule has 4 nitrogen and oxygen atoms in total. The van der Waals surface area contributed by atoms with E-state index in [1.807, 2.05) is 18.8 Å². The maximum absolute atomic E-state index is 4.37. The first-order valence-corrected chi connectivity index (χ1v) is 9.68. The van der Waals surface area contributed by atoms with E-state index in [-0.39, 0.29) is 24.0 Å². The maximum atomic E-state index is 4.37. The molecule has 0 radical (unpaired) electrons. The summed E-state index contributed by atoms with van der Waals surface area (Å²) < 4.78 is 0. The van der Waals surface area contributed by atoms with Crippen molar-refractivity contribution in [2.75, 3.05) is 26.4 Å². The number of nitrogens with zero attached hydrogens (tertiary/aromatic N) is 2. The van der Waals surface area contributed by atoms with Gasteiger partial charge < -0.3 is 10.6 Å². The highest BCUT2D eigenvalue weighted by Gasteiger charge is 2.30. The first-order chi connectivity index (χ1) is 10.1. The summed E-state index contributed by atoms with van der Waals surface area (Å²) in [5.41, 5.74) is 0. The molecule has 0 heterocycles. The number of guanidine groups is 1. The minimum absolute atomic E-state index is 0. The Balaban J connectivity index is 0.00000242. The van der Waals surface area contributed by atoms with E-state index in [1.54, 1.807) is 0 Å². The molecule has 2 saturated carbocycles. The van der Waals surface area contributed by atoms with Gasteiger partial charge >= 0.3 is 0 Å².